The van der Waals surface area contributed by atoms with Crippen LogP contribution in [0.5, 0.6) is 0 Å². The molecule has 6 heteroatoms. The maximum Gasteiger partial charge on any atom is 0.320 e. The number of amides is 2. The molecule has 0 aromatic carbocycles. The second kappa shape index (κ2) is 5.83. The highest BCUT2D eigenvalue weighted by Gasteiger charge is 2.43. The molecule has 2 rings (SSSR count). The molecule has 21 heavy (non-hydrogen) atoms. The van der Waals surface area contributed by atoms with Gasteiger partial charge in [0.25, 0.3) is 0 Å². The number of likely N-dealkylation sites (tertiary alicyclic amines) is 2. The van der Waals surface area contributed by atoms with E-state index in [0.717, 1.165) is 12.8 Å². The van der Waals surface area contributed by atoms with E-state index >= 15 is 0 Å². The Hall–Kier alpha value is -1.30. The molecule has 0 saturated carbocycles. The lowest BCUT2D eigenvalue weighted by atomic mass is 9.78. The second-order valence-electron chi connectivity index (χ2n) is 6.77. The molecule has 0 radical (unpaired) electrons. The van der Waals surface area contributed by atoms with Crippen molar-refractivity contribution < 1.29 is 19.8 Å². The average molecular weight is 298 g/mol. The summed E-state index contributed by atoms with van der Waals surface area (Å²) < 4.78 is 0. The van der Waals surface area contributed by atoms with Gasteiger partial charge in [0.2, 0.25) is 0 Å². The molecular formula is C15H26N2O4. The Balaban J connectivity index is 2.07. The third-order valence-electron chi connectivity index (χ3n) is 4.92. The fourth-order valence-corrected chi connectivity index (χ4v) is 3.49. The fourth-order valence-electron chi connectivity index (χ4n) is 3.49. The third kappa shape index (κ3) is 3.31. The van der Waals surface area contributed by atoms with Gasteiger partial charge in [-0.1, -0.05) is 6.92 Å². The van der Waals surface area contributed by atoms with Gasteiger partial charge in [0.1, 0.15) is 0 Å². The van der Waals surface area contributed by atoms with E-state index in [4.69, 9.17) is 0 Å². The molecule has 2 amide bonds. The molecule has 0 bridgehead atoms. The molecule has 0 aromatic heterocycles. The Morgan fingerprint density at radius 3 is 2.19 bits per heavy atom. The molecule has 6 nitrogen and oxygen atoms in total. The van der Waals surface area contributed by atoms with Crippen molar-refractivity contribution in [3.8, 4) is 0 Å². The van der Waals surface area contributed by atoms with Gasteiger partial charge in [-0.15, -0.1) is 0 Å². The fraction of sp³-hybridized carbons (Fsp3) is 0.867. The molecular weight excluding hydrogens is 272 g/mol. The van der Waals surface area contributed by atoms with Gasteiger partial charge in [-0.2, -0.15) is 0 Å². The normalized spacial score (nSPS) is 33.9. The summed E-state index contributed by atoms with van der Waals surface area (Å²) in [4.78, 5) is 27.5. The van der Waals surface area contributed by atoms with E-state index in [1.54, 1.807) is 16.7 Å². The highest BCUT2D eigenvalue weighted by molar-refractivity contribution is 5.79. The predicted molar refractivity (Wildman–Crippen MR) is 78.0 cm³/mol. The van der Waals surface area contributed by atoms with E-state index < -0.39 is 17.0 Å². The van der Waals surface area contributed by atoms with Crippen molar-refractivity contribution in [2.24, 2.45) is 5.41 Å². The lowest BCUT2D eigenvalue weighted by molar-refractivity contribution is -0.152. The zero-order valence-corrected chi connectivity index (χ0v) is 13.0. The monoisotopic (exact) mass is 298 g/mol. The standard InChI is InChI=1S/C15H26N2O4/c1-3-15(12(18)19)7-5-9-17(11-15)13(20)16-8-4-6-14(2,21)10-16/h21H,3-11H2,1-2H3,(H,18,19). The number of carbonyl (C=O) groups excluding carboxylic acids is 1. The van der Waals surface area contributed by atoms with Crippen LogP contribution in [0.4, 0.5) is 4.79 Å². The summed E-state index contributed by atoms with van der Waals surface area (Å²) in [6.45, 7) is 5.46. The zero-order valence-electron chi connectivity index (χ0n) is 13.0. The first kappa shape index (κ1) is 16.1. The summed E-state index contributed by atoms with van der Waals surface area (Å²) in [7, 11) is 0. The lowest BCUT2D eigenvalue weighted by Gasteiger charge is -2.44. The molecule has 2 saturated heterocycles. The number of aliphatic hydroxyl groups is 1. The smallest absolute Gasteiger partial charge is 0.320 e. The minimum absolute atomic E-state index is 0.131. The van der Waals surface area contributed by atoms with Crippen LogP contribution in [0.1, 0.15) is 46.0 Å². The number of carbonyl (C=O) groups is 2. The number of nitrogens with zero attached hydrogens (tertiary/aromatic N) is 2. The Morgan fingerprint density at radius 2 is 1.67 bits per heavy atom. The number of hydrogen-bond donors (Lipinski definition) is 2. The number of hydrogen-bond acceptors (Lipinski definition) is 3. The van der Waals surface area contributed by atoms with Gasteiger partial charge < -0.3 is 20.0 Å². The Morgan fingerprint density at radius 1 is 1.10 bits per heavy atom. The minimum atomic E-state index is -0.835. The summed E-state index contributed by atoms with van der Waals surface area (Å²) in [5, 5.41) is 19.6. The highest BCUT2D eigenvalue weighted by Crippen LogP contribution is 2.34. The molecule has 0 aromatic rings. The van der Waals surface area contributed by atoms with Crippen LogP contribution in [0, 0.1) is 5.41 Å². The molecule has 2 atom stereocenters. The molecule has 2 heterocycles. The van der Waals surface area contributed by atoms with Crippen molar-refractivity contribution in [1.29, 1.82) is 0 Å². The highest BCUT2D eigenvalue weighted by atomic mass is 16.4. The van der Waals surface area contributed by atoms with Crippen LogP contribution >= 0.6 is 0 Å². The quantitative estimate of drug-likeness (QED) is 0.810. The minimum Gasteiger partial charge on any atom is -0.481 e. The van der Waals surface area contributed by atoms with Crippen molar-refractivity contribution in [2.45, 2.75) is 51.6 Å². The van der Waals surface area contributed by atoms with Crippen LogP contribution in [0.15, 0.2) is 0 Å². The van der Waals surface area contributed by atoms with Gasteiger partial charge in [-0.25, -0.2) is 4.79 Å². The zero-order chi connectivity index (χ0) is 15.7. The number of carboxylic acid groups (broad SMARTS) is 1. The molecule has 2 N–H and O–H groups in total. The lowest BCUT2D eigenvalue weighted by Crippen LogP contribution is -2.57. The van der Waals surface area contributed by atoms with Gasteiger partial charge in [0.05, 0.1) is 17.6 Å². The van der Waals surface area contributed by atoms with Crippen LogP contribution in [0.3, 0.4) is 0 Å². The SMILES string of the molecule is CCC1(C(=O)O)CCCN(C(=O)N2CCCC(C)(O)C2)C1. The van der Waals surface area contributed by atoms with Crippen molar-refractivity contribution in [3.05, 3.63) is 0 Å². The van der Waals surface area contributed by atoms with Gasteiger partial charge in [0, 0.05) is 19.6 Å². The van der Waals surface area contributed by atoms with Gasteiger partial charge >= 0.3 is 12.0 Å². The van der Waals surface area contributed by atoms with Crippen LogP contribution in [-0.2, 0) is 4.79 Å². The van der Waals surface area contributed by atoms with Crippen LogP contribution < -0.4 is 0 Å². The van der Waals surface area contributed by atoms with E-state index in [1.807, 2.05) is 6.92 Å². The first-order valence-electron chi connectivity index (χ1n) is 7.79. The molecule has 0 aliphatic carbocycles. The summed E-state index contributed by atoms with van der Waals surface area (Å²) in [6, 6.07) is -0.131. The summed E-state index contributed by atoms with van der Waals surface area (Å²) in [5.41, 5.74) is -1.65. The van der Waals surface area contributed by atoms with Crippen LogP contribution in [-0.4, -0.2) is 63.8 Å². The van der Waals surface area contributed by atoms with Crippen molar-refractivity contribution in [1.82, 2.24) is 9.80 Å². The maximum atomic E-state index is 12.6. The number of rotatable bonds is 2. The van der Waals surface area contributed by atoms with Crippen molar-refractivity contribution >= 4 is 12.0 Å². The topological polar surface area (TPSA) is 81.1 Å². The van der Waals surface area contributed by atoms with E-state index in [1.165, 1.54) is 0 Å². The molecule has 2 aliphatic heterocycles. The van der Waals surface area contributed by atoms with E-state index in [-0.39, 0.29) is 12.6 Å². The summed E-state index contributed by atoms with van der Waals surface area (Å²) in [5.74, 6) is -0.812. The third-order valence-corrected chi connectivity index (χ3v) is 4.92. The molecule has 2 unspecified atom stereocenters. The van der Waals surface area contributed by atoms with Gasteiger partial charge in [-0.3, -0.25) is 4.79 Å². The van der Waals surface area contributed by atoms with Gasteiger partial charge in [0.15, 0.2) is 0 Å². The molecule has 120 valence electrons. The first-order valence-corrected chi connectivity index (χ1v) is 7.79. The van der Waals surface area contributed by atoms with Crippen molar-refractivity contribution in [3.63, 3.8) is 0 Å². The molecule has 2 fully saturated rings. The van der Waals surface area contributed by atoms with E-state index in [9.17, 15) is 19.8 Å². The average Bonchev–Trinajstić information content (AvgIpc) is 2.45. The Labute approximate surface area is 125 Å². The first-order chi connectivity index (χ1) is 9.80. The number of aliphatic carboxylic acids is 1. The van der Waals surface area contributed by atoms with Crippen LogP contribution in [0.2, 0.25) is 0 Å². The van der Waals surface area contributed by atoms with E-state index in [0.29, 0.717) is 38.9 Å². The summed E-state index contributed by atoms with van der Waals surface area (Å²) >= 11 is 0. The second-order valence-corrected chi connectivity index (χ2v) is 6.77. The Bertz CT molecular complexity index is 424. The van der Waals surface area contributed by atoms with Gasteiger partial charge in [-0.05, 0) is 39.0 Å². The number of piperidine rings is 2. The van der Waals surface area contributed by atoms with Crippen molar-refractivity contribution in [2.75, 3.05) is 26.2 Å². The molecule has 0 spiro atoms. The Kier molecular flexibility index (Phi) is 4.46. The van der Waals surface area contributed by atoms with Crippen LogP contribution in [0.25, 0.3) is 0 Å². The maximum absolute atomic E-state index is 12.6. The predicted octanol–water partition coefficient (Wildman–Crippen LogP) is 1.53. The number of carboxylic acids is 1. The number of urea groups is 1. The molecule has 2 aliphatic rings. The largest absolute Gasteiger partial charge is 0.481 e. The number of β-amino-alcohol motifs (C(OH)–C–C–N with tert-alkyl or cyclic N) is 1. The van der Waals surface area contributed by atoms with E-state index in [2.05, 4.69) is 0 Å². The summed E-state index contributed by atoms with van der Waals surface area (Å²) in [6.07, 6.45) is 3.36.